The van der Waals surface area contributed by atoms with Crippen molar-refractivity contribution in [3.63, 3.8) is 0 Å². The summed E-state index contributed by atoms with van der Waals surface area (Å²) in [6.45, 7) is 2.06. The number of H-pyrrole nitrogens is 1. The number of benzene rings is 1. The van der Waals surface area contributed by atoms with E-state index >= 15 is 0 Å². The van der Waals surface area contributed by atoms with Crippen molar-refractivity contribution in [1.82, 2.24) is 9.78 Å². The molecule has 0 saturated carbocycles. The van der Waals surface area contributed by atoms with Gasteiger partial charge in [0.05, 0.1) is 22.9 Å². The average molecular weight is 325 g/mol. The summed E-state index contributed by atoms with van der Waals surface area (Å²) in [5.41, 5.74) is 2.67. The Morgan fingerprint density at radius 3 is 2.79 bits per heavy atom. The van der Waals surface area contributed by atoms with E-state index < -0.39 is 0 Å². The predicted octanol–water partition coefficient (Wildman–Crippen LogP) is 2.22. The van der Waals surface area contributed by atoms with Gasteiger partial charge < -0.3 is 9.47 Å². The Balaban J connectivity index is 1.72. The molecule has 0 unspecified atom stereocenters. The predicted molar refractivity (Wildman–Crippen MR) is 87.1 cm³/mol. The van der Waals surface area contributed by atoms with Crippen LogP contribution >= 0.6 is 0 Å². The second kappa shape index (κ2) is 5.33. The van der Waals surface area contributed by atoms with Gasteiger partial charge in [-0.25, -0.2) is 4.68 Å². The summed E-state index contributed by atoms with van der Waals surface area (Å²) in [6, 6.07) is 9.07. The number of rotatable bonds is 2. The molecule has 1 saturated heterocycles. The first kappa shape index (κ1) is 15.2. The van der Waals surface area contributed by atoms with Crippen molar-refractivity contribution < 1.29 is 9.47 Å². The van der Waals surface area contributed by atoms with Crippen LogP contribution in [-0.2, 0) is 15.9 Å². The van der Waals surface area contributed by atoms with E-state index in [9.17, 15) is 4.79 Å². The summed E-state index contributed by atoms with van der Waals surface area (Å²) < 4.78 is 13.0. The van der Waals surface area contributed by atoms with Gasteiger partial charge in [-0.3, -0.25) is 9.89 Å². The number of aromatic amines is 1. The zero-order chi connectivity index (χ0) is 16.9. The molecule has 2 aromatic rings. The molecule has 24 heavy (non-hydrogen) atoms. The fraction of sp³-hybridized carbons (Fsp3) is 0.444. The van der Waals surface area contributed by atoms with Crippen molar-refractivity contribution in [2.45, 2.75) is 44.0 Å². The smallest absolute Gasteiger partial charge is 0.275 e. The second-order valence-electron chi connectivity index (χ2n) is 6.71. The van der Waals surface area contributed by atoms with Crippen LogP contribution in [-0.4, -0.2) is 28.8 Å². The van der Waals surface area contributed by atoms with Gasteiger partial charge in [0.25, 0.3) is 5.56 Å². The van der Waals surface area contributed by atoms with E-state index in [-0.39, 0.29) is 23.4 Å². The first-order valence-electron chi connectivity index (χ1n) is 8.10. The fourth-order valence-electron chi connectivity index (χ4n) is 4.04. The highest BCUT2D eigenvalue weighted by atomic mass is 16.7. The van der Waals surface area contributed by atoms with Gasteiger partial charge in [0, 0.05) is 30.7 Å². The van der Waals surface area contributed by atoms with Gasteiger partial charge in [-0.2, -0.15) is 5.26 Å². The van der Waals surface area contributed by atoms with Crippen molar-refractivity contribution >= 4 is 0 Å². The van der Waals surface area contributed by atoms with Crippen molar-refractivity contribution in [3.8, 4) is 11.8 Å². The molecule has 0 radical (unpaired) electrons. The molecule has 0 bridgehead atoms. The van der Waals surface area contributed by atoms with Gasteiger partial charge in [-0.15, -0.1) is 0 Å². The van der Waals surface area contributed by atoms with Gasteiger partial charge in [0.2, 0.25) is 0 Å². The van der Waals surface area contributed by atoms with Gasteiger partial charge >= 0.3 is 0 Å². The Morgan fingerprint density at radius 2 is 2.12 bits per heavy atom. The van der Waals surface area contributed by atoms with Crippen LogP contribution < -0.4 is 5.56 Å². The molecule has 0 amide bonds. The third-order valence-corrected chi connectivity index (χ3v) is 5.23. The normalized spacial score (nSPS) is 28.2. The van der Waals surface area contributed by atoms with Crippen LogP contribution in [0.3, 0.4) is 0 Å². The monoisotopic (exact) mass is 325 g/mol. The molecular formula is C18H19N3O3. The highest BCUT2D eigenvalue weighted by Gasteiger charge is 2.50. The molecule has 1 aromatic carbocycles. The number of ether oxygens (including phenoxy) is 2. The molecule has 0 spiro atoms. The van der Waals surface area contributed by atoms with E-state index in [4.69, 9.17) is 14.7 Å². The van der Waals surface area contributed by atoms with Crippen molar-refractivity contribution in [2.75, 3.05) is 7.11 Å². The maximum Gasteiger partial charge on any atom is 0.275 e. The third-order valence-electron chi connectivity index (χ3n) is 5.23. The molecule has 124 valence electrons. The maximum atomic E-state index is 12.9. The van der Waals surface area contributed by atoms with Crippen LogP contribution in [0.15, 0.2) is 29.1 Å². The van der Waals surface area contributed by atoms with Crippen LogP contribution in [0.25, 0.3) is 5.69 Å². The highest BCUT2D eigenvalue weighted by molar-refractivity contribution is 5.42. The van der Waals surface area contributed by atoms with Gasteiger partial charge in [-0.1, -0.05) is 0 Å². The van der Waals surface area contributed by atoms with E-state index in [1.807, 2.05) is 0 Å². The number of aromatic nitrogens is 2. The lowest BCUT2D eigenvalue weighted by Gasteiger charge is -2.40. The van der Waals surface area contributed by atoms with Gasteiger partial charge in [0.15, 0.2) is 6.29 Å². The zero-order valence-corrected chi connectivity index (χ0v) is 13.7. The molecule has 1 N–H and O–H groups in total. The molecule has 3 atom stereocenters. The van der Waals surface area contributed by atoms with Crippen LogP contribution in [0.1, 0.15) is 42.5 Å². The molecule has 1 aromatic heterocycles. The number of methoxy groups -OCH3 is 1. The molecule has 2 heterocycles. The number of fused-ring (bicyclic) bond motifs is 3. The standard InChI is InChI=1S/C18H19N3O3/c1-18-9-14-16(13(18)7-8-15(23-2)24-18)17(22)21(20-14)12-5-3-11(10-19)4-6-12/h3-6,13,15,20H,7-9H2,1-2H3/t13-,15-,18-/m0/s1. The van der Waals surface area contributed by atoms with Gasteiger partial charge in [-0.05, 0) is 44.0 Å². The van der Waals surface area contributed by atoms with E-state index in [2.05, 4.69) is 18.1 Å². The first-order chi connectivity index (χ1) is 11.6. The van der Waals surface area contributed by atoms with Crippen LogP contribution in [0.4, 0.5) is 0 Å². The topological polar surface area (TPSA) is 80.0 Å². The molecule has 4 rings (SSSR count). The lowest BCUT2D eigenvalue weighted by molar-refractivity contribution is -0.223. The second-order valence-corrected chi connectivity index (χ2v) is 6.71. The Kier molecular flexibility index (Phi) is 3.37. The molecule has 1 aliphatic carbocycles. The Hall–Kier alpha value is -2.36. The van der Waals surface area contributed by atoms with Crippen LogP contribution in [0, 0.1) is 11.3 Å². The lowest BCUT2D eigenvalue weighted by Crippen LogP contribution is -2.44. The van der Waals surface area contributed by atoms with Crippen LogP contribution in [0.2, 0.25) is 0 Å². The average Bonchev–Trinajstić information content (AvgIpc) is 3.06. The SMILES string of the molecule is CO[C@@H]1CC[C@H]2c3c([nH]n(-c4ccc(C#N)cc4)c3=O)C[C@]2(C)O1. The summed E-state index contributed by atoms with van der Waals surface area (Å²) in [5, 5.41) is 12.1. The van der Waals surface area contributed by atoms with Gasteiger partial charge in [0.1, 0.15) is 0 Å². The van der Waals surface area contributed by atoms with E-state index in [0.717, 1.165) is 29.8 Å². The largest absolute Gasteiger partial charge is 0.356 e. The summed E-state index contributed by atoms with van der Waals surface area (Å²) >= 11 is 0. The molecular weight excluding hydrogens is 306 g/mol. The van der Waals surface area contributed by atoms with E-state index in [1.165, 1.54) is 0 Å². The van der Waals surface area contributed by atoms with E-state index in [0.29, 0.717) is 12.0 Å². The Morgan fingerprint density at radius 1 is 1.38 bits per heavy atom. The summed E-state index contributed by atoms with van der Waals surface area (Å²) in [6.07, 6.45) is 2.14. The number of hydrogen-bond acceptors (Lipinski definition) is 4. The molecule has 6 heteroatoms. The summed E-state index contributed by atoms with van der Waals surface area (Å²) in [7, 11) is 1.65. The lowest BCUT2D eigenvalue weighted by atomic mass is 9.83. The minimum Gasteiger partial charge on any atom is -0.356 e. The Labute approximate surface area is 139 Å². The van der Waals surface area contributed by atoms with Crippen LogP contribution in [0.5, 0.6) is 0 Å². The third kappa shape index (κ3) is 2.13. The Bertz CT molecular complexity index is 874. The number of nitrogens with zero attached hydrogens (tertiary/aromatic N) is 2. The van der Waals surface area contributed by atoms with Crippen molar-refractivity contribution in [1.29, 1.82) is 5.26 Å². The number of nitriles is 1. The van der Waals surface area contributed by atoms with E-state index in [1.54, 1.807) is 36.1 Å². The molecule has 2 aliphatic rings. The first-order valence-corrected chi connectivity index (χ1v) is 8.10. The summed E-state index contributed by atoms with van der Waals surface area (Å²) in [4.78, 5) is 12.9. The number of nitrogens with one attached hydrogen (secondary N) is 1. The highest BCUT2D eigenvalue weighted by Crippen LogP contribution is 2.48. The minimum absolute atomic E-state index is 0.0251. The summed E-state index contributed by atoms with van der Waals surface area (Å²) in [5.74, 6) is 0.0854. The molecule has 6 nitrogen and oxygen atoms in total. The zero-order valence-electron chi connectivity index (χ0n) is 13.7. The quantitative estimate of drug-likeness (QED) is 0.918. The van der Waals surface area contributed by atoms with Crippen molar-refractivity contribution in [2.24, 2.45) is 0 Å². The maximum absolute atomic E-state index is 12.9. The fourth-order valence-corrected chi connectivity index (χ4v) is 4.04. The molecule has 1 fully saturated rings. The molecule has 1 aliphatic heterocycles. The van der Waals surface area contributed by atoms with Crippen molar-refractivity contribution in [3.05, 3.63) is 51.4 Å². The minimum atomic E-state index is -0.386. The number of hydrogen-bond donors (Lipinski definition) is 1.